The van der Waals surface area contributed by atoms with Gasteiger partial charge < -0.3 is 25.3 Å². The van der Waals surface area contributed by atoms with Crippen molar-refractivity contribution in [2.75, 3.05) is 19.8 Å². The van der Waals surface area contributed by atoms with Crippen molar-refractivity contribution < 1.29 is 24.5 Å². The lowest BCUT2D eigenvalue weighted by atomic mass is 10.00. The van der Waals surface area contributed by atoms with Crippen LogP contribution in [0.25, 0.3) is 0 Å². The van der Waals surface area contributed by atoms with Crippen LogP contribution in [0.2, 0.25) is 0 Å². The van der Waals surface area contributed by atoms with Crippen LogP contribution in [0.5, 0.6) is 5.75 Å². The summed E-state index contributed by atoms with van der Waals surface area (Å²) in [6, 6.07) is 4.90. The molecule has 0 spiro atoms. The topological polar surface area (TPSA) is 111 Å². The third-order valence-electron chi connectivity index (χ3n) is 5.75. The highest BCUT2D eigenvalue weighted by Crippen LogP contribution is 2.20. The molecule has 0 bridgehead atoms. The van der Waals surface area contributed by atoms with E-state index in [0.29, 0.717) is 42.3 Å². The van der Waals surface area contributed by atoms with Crippen LogP contribution in [-0.4, -0.2) is 58.5 Å². The van der Waals surface area contributed by atoms with Crippen molar-refractivity contribution in [3.63, 3.8) is 0 Å². The lowest BCUT2D eigenvalue weighted by molar-refractivity contribution is -0.137. The van der Waals surface area contributed by atoms with Gasteiger partial charge in [-0.2, -0.15) is 0 Å². The van der Waals surface area contributed by atoms with E-state index in [1.165, 1.54) is 18.6 Å². The Morgan fingerprint density at radius 3 is 2.70 bits per heavy atom. The predicted octanol–water partition coefficient (Wildman–Crippen LogP) is 4.18. The molecular weight excluding hydrogens is 420 g/mol. The molecule has 1 atom stereocenters. The fourth-order valence-corrected chi connectivity index (χ4v) is 3.98. The van der Waals surface area contributed by atoms with Gasteiger partial charge in [-0.25, -0.2) is 4.79 Å². The molecule has 180 valence electrons. The van der Waals surface area contributed by atoms with E-state index in [0.717, 1.165) is 38.6 Å². The van der Waals surface area contributed by atoms with Gasteiger partial charge in [-0.15, -0.1) is 0 Å². The number of hydrogen-bond donors (Lipinski definition) is 3. The molecule has 0 radical (unpaired) electrons. The van der Waals surface area contributed by atoms with Crippen LogP contribution in [0, 0.1) is 5.41 Å². The number of likely N-dealkylation sites (tertiary alicyclic amines) is 1. The standard InChI is InChI=1S/C17H19NO3.C9H17NO2/c18-14-7-5-3-1-2-4-6-10-21-17(20)16-9-8-15(19)12-13(16)11-14;1-2-8-5-3-4-6-10(8)9(12)7-11/h2,4-5,7-9,12,18-19H,1,3,6,10-11H2;8,11H,2-7H2,1H3/b4-2+,7-5+,18-14?;. The first kappa shape index (κ1) is 26.3. The van der Waals surface area contributed by atoms with Crippen molar-refractivity contribution in [3.05, 3.63) is 53.6 Å². The first-order chi connectivity index (χ1) is 16.0. The smallest absolute Gasteiger partial charge is 0.338 e. The molecule has 1 aromatic carbocycles. The van der Waals surface area contributed by atoms with Gasteiger partial charge in [0, 0.05) is 24.7 Å². The minimum absolute atomic E-state index is 0.0855. The maximum atomic E-state index is 12.1. The van der Waals surface area contributed by atoms with Gasteiger partial charge in [-0.05, 0) is 74.8 Å². The SMILES string of the molecule is CCC1CCCCN1C(=O)CO.N=C1/C=C/CC/C=C/CCOC(=O)c2ccc(O)cc2C1. The molecule has 2 aliphatic heterocycles. The molecule has 7 nitrogen and oxygen atoms in total. The molecule has 0 aromatic heterocycles. The number of phenolic OH excluding ortho intramolecular Hbond substituents is 1. The molecule has 7 heteroatoms. The zero-order valence-corrected chi connectivity index (χ0v) is 19.5. The van der Waals surface area contributed by atoms with E-state index in [1.54, 1.807) is 12.1 Å². The largest absolute Gasteiger partial charge is 0.508 e. The van der Waals surface area contributed by atoms with Crippen molar-refractivity contribution in [2.45, 2.75) is 64.3 Å². The zero-order chi connectivity index (χ0) is 24.1. The summed E-state index contributed by atoms with van der Waals surface area (Å²) in [6.07, 6.45) is 14.9. The fraction of sp³-hybridized carbons (Fsp3) is 0.500. The first-order valence-corrected chi connectivity index (χ1v) is 11.7. The summed E-state index contributed by atoms with van der Waals surface area (Å²) in [4.78, 5) is 25.1. The van der Waals surface area contributed by atoms with Crippen molar-refractivity contribution in [3.8, 4) is 5.75 Å². The number of esters is 1. The van der Waals surface area contributed by atoms with Gasteiger partial charge in [0.05, 0.1) is 12.2 Å². The van der Waals surface area contributed by atoms with Crippen molar-refractivity contribution in [1.29, 1.82) is 5.41 Å². The third kappa shape index (κ3) is 8.85. The van der Waals surface area contributed by atoms with Gasteiger partial charge in [0.2, 0.25) is 5.91 Å². The number of carbonyl (C=O) groups excluding carboxylic acids is 2. The van der Waals surface area contributed by atoms with Gasteiger partial charge in [0.15, 0.2) is 0 Å². The van der Waals surface area contributed by atoms with Crippen LogP contribution in [0.4, 0.5) is 0 Å². The van der Waals surface area contributed by atoms with Crippen molar-refractivity contribution >= 4 is 17.6 Å². The fourth-order valence-electron chi connectivity index (χ4n) is 3.98. The summed E-state index contributed by atoms with van der Waals surface area (Å²) in [5.74, 6) is -0.434. The number of nitrogens with zero attached hydrogens (tertiary/aromatic N) is 1. The average molecular weight is 457 g/mol. The molecule has 1 aromatic rings. The van der Waals surface area contributed by atoms with Crippen molar-refractivity contribution in [2.24, 2.45) is 0 Å². The Morgan fingerprint density at radius 2 is 1.94 bits per heavy atom. The van der Waals surface area contributed by atoms with Crippen LogP contribution in [0.15, 0.2) is 42.5 Å². The molecule has 1 unspecified atom stereocenters. The number of cyclic esters (lactones) is 1. The lowest BCUT2D eigenvalue weighted by Gasteiger charge is -2.34. The van der Waals surface area contributed by atoms with Crippen LogP contribution in [-0.2, 0) is 16.0 Å². The Balaban J connectivity index is 0.000000273. The second-order valence-corrected chi connectivity index (χ2v) is 8.22. The number of allylic oxidation sites excluding steroid dienone is 3. The number of hydrogen-bond acceptors (Lipinski definition) is 6. The summed E-state index contributed by atoms with van der Waals surface area (Å²) in [6.45, 7) is 2.92. The number of amides is 1. The highest BCUT2D eigenvalue weighted by Gasteiger charge is 2.24. The van der Waals surface area contributed by atoms with Crippen LogP contribution in [0.1, 0.15) is 67.8 Å². The average Bonchev–Trinajstić information content (AvgIpc) is 2.82. The van der Waals surface area contributed by atoms with Gasteiger partial charge in [0.1, 0.15) is 12.4 Å². The summed E-state index contributed by atoms with van der Waals surface area (Å²) >= 11 is 0. The minimum Gasteiger partial charge on any atom is -0.508 e. The van der Waals surface area contributed by atoms with E-state index < -0.39 is 5.97 Å². The van der Waals surface area contributed by atoms with E-state index >= 15 is 0 Å². The quantitative estimate of drug-likeness (QED) is 0.457. The Hall–Kier alpha value is -2.93. The molecular formula is C26H36N2O5. The highest BCUT2D eigenvalue weighted by atomic mass is 16.5. The second-order valence-electron chi connectivity index (χ2n) is 8.22. The van der Waals surface area contributed by atoms with Gasteiger partial charge >= 0.3 is 5.97 Å². The maximum Gasteiger partial charge on any atom is 0.338 e. The highest BCUT2D eigenvalue weighted by molar-refractivity contribution is 5.97. The van der Waals surface area contributed by atoms with E-state index in [9.17, 15) is 14.7 Å². The Morgan fingerprint density at radius 1 is 1.18 bits per heavy atom. The van der Waals surface area contributed by atoms with E-state index in [4.69, 9.17) is 15.3 Å². The molecule has 0 saturated carbocycles. The minimum atomic E-state index is -0.410. The zero-order valence-electron chi connectivity index (χ0n) is 19.5. The number of rotatable bonds is 2. The summed E-state index contributed by atoms with van der Waals surface area (Å²) in [7, 11) is 0. The molecule has 33 heavy (non-hydrogen) atoms. The number of benzene rings is 1. The predicted molar refractivity (Wildman–Crippen MR) is 129 cm³/mol. The molecule has 1 amide bonds. The lowest BCUT2D eigenvalue weighted by Crippen LogP contribution is -2.44. The van der Waals surface area contributed by atoms with Crippen molar-refractivity contribution in [1.82, 2.24) is 4.90 Å². The molecule has 0 aliphatic carbocycles. The maximum absolute atomic E-state index is 12.1. The number of piperidine rings is 1. The summed E-state index contributed by atoms with van der Waals surface area (Å²) < 4.78 is 5.23. The van der Waals surface area contributed by atoms with Crippen LogP contribution < -0.4 is 0 Å². The molecule has 3 rings (SSSR count). The number of aliphatic hydroxyl groups is 1. The van der Waals surface area contributed by atoms with Crippen LogP contribution in [0.3, 0.4) is 0 Å². The number of nitrogens with one attached hydrogen (secondary N) is 1. The molecule has 3 N–H and O–H groups in total. The third-order valence-corrected chi connectivity index (χ3v) is 5.75. The second kappa shape index (κ2) is 14.3. The Bertz CT molecular complexity index is 862. The van der Waals surface area contributed by atoms with Gasteiger partial charge in [0.25, 0.3) is 0 Å². The van der Waals surface area contributed by atoms with Gasteiger partial charge in [-0.3, -0.25) is 4.79 Å². The monoisotopic (exact) mass is 456 g/mol. The first-order valence-electron chi connectivity index (χ1n) is 11.7. The number of phenols is 1. The summed E-state index contributed by atoms with van der Waals surface area (Å²) in [5.41, 5.74) is 1.42. The molecule has 2 heterocycles. The van der Waals surface area contributed by atoms with E-state index in [-0.39, 0.29) is 18.3 Å². The molecule has 1 saturated heterocycles. The number of carbonyl (C=O) groups is 2. The normalized spacial score (nSPS) is 21.5. The molecule has 2 aliphatic rings. The van der Waals surface area contributed by atoms with Crippen LogP contribution >= 0.6 is 0 Å². The number of fused-ring (bicyclic) bond motifs is 1. The summed E-state index contributed by atoms with van der Waals surface area (Å²) in [5, 5.41) is 26.2. The van der Waals surface area contributed by atoms with E-state index in [1.807, 2.05) is 17.1 Å². The van der Waals surface area contributed by atoms with E-state index in [2.05, 4.69) is 13.0 Å². The van der Waals surface area contributed by atoms with Gasteiger partial charge in [-0.1, -0.05) is 25.2 Å². The number of aromatic hydroxyl groups is 1. The number of ether oxygens (including phenoxy) is 1. The number of aliphatic hydroxyl groups excluding tert-OH is 1. The molecule has 1 fully saturated rings. The Kier molecular flexibility index (Phi) is 11.4. The Labute approximate surface area is 196 Å².